The molecule has 7 heteroatoms. The van der Waals surface area contributed by atoms with E-state index in [1.807, 2.05) is 6.07 Å². The molecule has 3 heterocycles. The van der Waals surface area contributed by atoms with Crippen molar-refractivity contribution in [1.29, 1.82) is 0 Å². The number of carbonyl (C=O) groups is 2. The van der Waals surface area contributed by atoms with Crippen LogP contribution in [0, 0.1) is 0 Å². The molecule has 0 unspecified atom stereocenters. The van der Waals surface area contributed by atoms with Gasteiger partial charge < -0.3 is 19.7 Å². The zero-order valence-electron chi connectivity index (χ0n) is 13.7. The van der Waals surface area contributed by atoms with E-state index in [1.165, 1.54) is 0 Å². The number of hydrogen-bond acceptors (Lipinski definition) is 5. The second-order valence-corrected chi connectivity index (χ2v) is 5.89. The van der Waals surface area contributed by atoms with E-state index < -0.39 is 0 Å². The summed E-state index contributed by atoms with van der Waals surface area (Å²) in [6.45, 7) is 2.34. The predicted molar refractivity (Wildman–Crippen MR) is 88.4 cm³/mol. The second kappa shape index (κ2) is 7.55. The highest BCUT2D eigenvalue weighted by Gasteiger charge is 2.29. The molecule has 0 saturated carbocycles. The molecule has 7 nitrogen and oxygen atoms in total. The Morgan fingerprint density at radius 2 is 2.25 bits per heavy atom. The molecule has 1 saturated heterocycles. The molecule has 2 aliphatic rings. The van der Waals surface area contributed by atoms with Gasteiger partial charge in [-0.1, -0.05) is 0 Å². The van der Waals surface area contributed by atoms with Crippen LogP contribution in [0.4, 0.5) is 5.82 Å². The molecule has 0 aliphatic carbocycles. The van der Waals surface area contributed by atoms with Crippen molar-refractivity contribution in [1.82, 2.24) is 9.88 Å². The number of aromatic nitrogens is 1. The van der Waals surface area contributed by atoms with Gasteiger partial charge in [-0.2, -0.15) is 0 Å². The highest BCUT2D eigenvalue weighted by molar-refractivity contribution is 5.94. The van der Waals surface area contributed by atoms with Gasteiger partial charge in [0.05, 0.1) is 19.3 Å². The van der Waals surface area contributed by atoms with E-state index in [1.54, 1.807) is 30.4 Å². The fourth-order valence-electron chi connectivity index (χ4n) is 2.66. The van der Waals surface area contributed by atoms with Gasteiger partial charge in [0.15, 0.2) is 0 Å². The average molecular weight is 331 g/mol. The Morgan fingerprint density at radius 3 is 3.04 bits per heavy atom. The molecule has 2 amide bonds. The monoisotopic (exact) mass is 331 g/mol. The molecular weight excluding hydrogens is 310 g/mol. The normalized spacial score (nSPS) is 17.5. The summed E-state index contributed by atoms with van der Waals surface area (Å²) in [5.74, 6) is 0.578. The summed E-state index contributed by atoms with van der Waals surface area (Å²) in [6, 6.07) is 1.96. The van der Waals surface area contributed by atoms with E-state index in [4.69, 9.17) is 9.47 Å². The molecule has 3 rings (SSSR count). The molecule has 0 spiro atoms. The Kier molecular flexibility index (Phi) is 5.22. The molecule has 0 bridgehead atoms. The van der Waals surface area contributed by atoms with Crippen molar-refractivity contribution in [2.45, 2.75) is 18.9 Å². The second-order valence-electron chi connectivity index (χ2n) is 5.89. The lowest BCUT2D eigenvalue weighted by Gasteiger charge is -2.38. The molecule has 1 aromatic heterocycles. The van der Waals surface area contributed by atoms with E-state index in [0.29, 0.717) is 45.0 Å². The number of fused-ring (bicyclic) bond motifs is 1. The van der Waals surface area contributed by atoms with E-state index in [0.717, 1.165) is 11.1 Å². The Balaban J connectivity index is 1.50. The first-order valence-corrected chi connectivity index (χ1v) is 8.02. The largest absolute Gasteiger partial charge is 0.382 e. The van der Waals surface area contributed by atoms with Crippen molar-refractivity contribution in [3.8, 4) is 0 Å². The number of rotatable bonds is 6. The third kappa shape index (κ3) is 3.98. The summed E-state index contributed by atoms with van der Waals surface area (Å²) in [6.07, 6.45) is 6.21. The fourth-order valence-corrected chi connectivity index (χ4v) is 2.66. The lowest BCUT2D eigenvalue weighted by atomic mass is 10.0. The van der Waals surface area contributed by atoms with Crippen LogP contribution in [0.1, 0.15) is 17.5 Å². The van der Waals surface area contributed by atoms with Gasteiger partial charge in [-0.25, -0.2) is 4.98 Å². The molecule has 24 heavy (non-hydrogen) atoms. The number of hydrogen-bond donors (Lipinski definition) is 1. The maximum absolute atomic E-state index is 12.1. The minimum atomic E-state index is -0.0346. The van der Waals surface area contributed by atoms with Gasteiger partial charge in [-0.3, -0.25) is 9.59 Å². The Labute approximate surface area is 140 Å². The summed E-state index contributed by atoms with van der Waals surface area (Å²) in [5.41, 5.74) is 1.85. The minimum Gasteiger partial charge on any atom is -0.382 e. The Bertz CT molecular complexity index is 653. The Hall–Kier alpha value is -2.25. The van der Waals surface area contributed by atoms with Crippen molar-refractivity contribution in [3.63, 3.8) is 0 Å². The van der Waals surface area contributed by atoms with E-state index in [2.05, 4.69) is 10.3 Å². The fraction of sp³-hybridized carbons (Fsp3) is 0.471. The molecule has 1 N–H and O–H groups in total. The van der Waals surface area contributed by atoms with Crippen LogP contribution in [0.3, 0.4) is 0 Å². The van der Waals surface area contributed by atoms with Crippen molar-refractivity contribution in [2.24, 2.45) is 0 Å². The van der Waals surface area contributed by atoms with Gasteiger partial charge in [-0.05, 0) is 29.7 Å². The van der Waals surface area contributed by atoms with Gasteiger partial charge in [-0.15, -0.1) is 0 Å². The number of ether oxygens (including phenoxy) is 2. The van der Waals surface area contributed by atoms with Crippen LogP contribution in [-0.4, -0.2) is 61.2 Å². The first-order valence-electron chi connectivity index (χ1n) is 8.02. The SMILES string of the molecule is COCCOC1CN(C(=O)/C=C/c2cnc3c(c2)CCC(=O)N3)C1. The molecule has 0 radical (unpaired) electrons. The van der Waals surface area contributed by atoms with Crippen LogP contribution in [0.15, 0.2) is 18.3 Å². The summed E-state index contributed by atoms with van der Waals surface area (Å²) >= 11 is 0. The molecule has 0 aromatic carbocycles. The number of likely N-dealkylation sites (tertiary alicyclic amines) is 1. The first-order chi connectivity index (χ1) is 11.7. The quantitative estimate of drug-likeness (QED) is 0.617. The summed E-state index contributed by atoms with van der Waals surface area (Å²) < 4.78 is 10.5. The number of anilines is 1. The minimum absolute atomic E-state index is 0.00599. The molecule has 128 valence electrons. The van der Waals surface area contributed by atoms with Crippen LogP contribution < -0.4 is 5.32 Å². The highest BCUT2D eigenvalue weighted by atomic mass is 16.5. The molecule has 1 aromatic rings. The van der Waals surface area contributed by atoms with Crippen molar-refractivity contribution in [3.05, 3.63) is 29.5 Å². The van der Waals surface area contributed by atoms with Crippen LogP contribution >= 0.6 is 0 Å². The van der Waals surface area contributed by atoms with Crippen molar-refractivity contribution >= 4 is 23.7 Å². The highest BCUT2D eigenvalue weighted by Crippen LogP contribution is 2.21. The molecule has 0 atom stereocenters. The number of methoxy groups -OCH3 is 1. The summed E-state index contributed by atoms with van der Waals surface area (Å²) in [7, 11) is 1.63. The predicted octanol–water partition coefficient (Wildman–Crippen LogP) is 0.853. The Morgan fingerprint density at radius 1 is 1.42 bits per heavy atom. The third-order valence-corrected chi connectivity index (χ3v) is 4.09. The third-order valence-electron chi connectivity index (χ3n) is 4.09. The van der Waals surface area contributed by atoms with Crippen molar-refractivity contribution < 1.29 is 19.1 Å². The number of pyridine rings is 1. The van der Waals surface area contributed by atoms with E-state index in [-0.39, 0.29) is 17.9 Å². The van der Waals surface area contributed by atoms with Gasteiger partial charge >= 0.3 is 0 Å². The van der Waals surface area contributed by atoms with Crippen LogP contribution in [0.5, 0.6) is 0 Å². The van der Waals surface area contributed by atoms with Crippen LogP contribution in [0.25, 0.3) is 6.08 Å². The van der Waals surface area contributed by atoms with E-state index in [9.17, 15) is 9.59 Å². The van der Waals surface area contributed by atoms with Crippen LogP contribution in [-0.2, 0) is 25.5 Å². The number of nitrogens with zero attached hydrogens (tertiary/aromatic N) is 2. The standard InChI is InChI=1S/C17H21N3O4/c1-23-6-7-24-14-10-20(11-14)16(22)5-2-12-8-13-3-4-15(21)19-17(13)18-9-12/h2,5,8-9,14H,3-4,6-7,10-11H2,1H3,(H,18,19,21)/b5-2+. The van der Waals surface area contributed by atoms with Gasteiger partial charge in [0.25, 0.3) is 0 Å². The number of nitrogens with one attached hydrogen (secondary N) is 1. The topological polar surface area (TPSA) is 80.8 Å². The average Bonchev–Trinajstić information content (AvgIpc) is 2.54. The van der Waals surface area contributed by atoms with Crippen molar-refractivity contribution in [2.75, 3.05) is 38.7 Å². The smallest absolute Gasteiger partial charge is 0.246 e. The molecular formula is C17H21N3O4. The maximum Gasteiger partial charge on any atom is 0.246 e. The van der Waals surface area contributed by atoms with E-state index >= 15 is 0 Å². The lowest BCUT2D eigenvalue weighted by Crippen LogP contribution is -2.54. The number of aryl methyl sites for hydroxylation is 1. The molecule has 2 aliphatic heterocycles. The van der Waals surface area contributed by atoms with Gasteiger partial charge in [0.2, 0.25) is 11.8 Å². The molecule has 1 fully saturated rings. The summed E-state index contributed by atoms with van der Waals surface area (Å²) in [4.78, 5) is 29.4. The van der Waals surface area contributed by atoms with Gasteiger partial charge in [0.1, 0.15) is 5.82 Å². The zero-order chi connectivity index (χ0) is 16.9. The zero-order valence-corrected chi connectivity index (χ0v) is 13.7. The number of amides is 2. The van der Waals surface area contributed by atoms with Gasteiger partial charge in [0, 0.05) is 38.9 Å². The maximum atomic E-state index is 12.1. The van der Waals surface area contributed by atoms with Crippen LogP contribution in [0.2, 0.25) is 0 Å². The number of carbonyl (C=O) groups excluding carboxylic acids is 2. The summed E-state index contributed by atoms with van der Waals surface area (Å²) in [5, 5.41) is 2.74. The lowest BCUT2D eigenvalue weighted by molar-refractivity contribution is -0.140. The first kappa shape index (κ1) is 16.6.